The van der Waals surface area contributed by atoms with E-state index in [-0.39, 0.29) is 18.0 Å². The number of benzene rings is 1. The van der Waals surface area contributed by atoms with Crippen LogP contribution in [0.25, 0.3) is 22.3 Å². The molecule has 2 aliphatic heterocycles. The van der Waals surface area contributed by atoms with Crippen LogP contribution in [0, 0.1) is 0 Å². The number of nitrogens with zero attached hydrogens (tertiary/aromatic N) is 6. The SMILES string of the molecule is CON(C)C(=O)c1cccc(-c2ccc3c(N4CCOC[C@@H]4C)nc(N4CCOC[C@@H]4C)nc3n2)c1. The maximum atomic E-state index is 12.6. The van der Waals surface area contributed by atoms with Gasteiger partial charge in [0.15, 0.2) is 5.65 Å². The Morgan fingerprint density at radius 1 is 1.00 bits per heavy atom. The second-order valence-corrected chi connectivity index (χ2v) is 9.22. The van der Waals surface area contributed by atoms with Crippen LogP contribution in [-0.4, -0.2) is 91.7 Å². The molecule has 10 heteroatoms. The summed E-state index contributed by atoms with van der Waals surface area (Å²) in [6.07, 6.45) is 0. The number of hydrogen-bond donors (Lipinski definition) is 0. The number of ether oxygens (including phenoxy) is 2. The molecule has 10 nitrogen and oxygen atoms in total. The van der Waals surface area contributed by atoms with Gasteiger partial charge in [-0.25, -0.2) is 10.0 Å². The van der Waals surface area contributed by atoms with E-state index in [9.17, 15) is 4.79 Å². The van der Waals surface area contributed by atoms with Crippen molar-refractivity contribution in [2.75, 3.05) is 63.5 Å². The molecule has 1 amide bonds. The maximum Gasteiger partial charge on any atom is 0.277 e. The molecule has 0 N–H and O–H groups in total. The van der Waals surface area contributed by atoms with Crippen LogP contribution >= 0.6 is 0 Å². The van der Waals surface area contributed by atoms with Crippen LogP contribution in [0.1, 0.15) is 24.2 Å². The van der Waals surface area contributed by atoms with E-state index in [2.05, 4.69) is 23.6 Å². The highest BCUT2D eigenvalue weighted by molar-refractivity contribution is 5.95. The molecule has 5 rings (SSSR count). The third kappa shape index (κ3) is 4.71. The van der Waals surface area contributed by atoms with Gasteiger partial charge in [0.25, 0.3) is 5.91 Å². The number of aromatic nitrogens is 3. The number of anilines is 2. The fourth-order valence-corrected chi connectivity index (χ4v) is 4.63. The molecule has 0 saturated carbocycles. The first-order chi connectivity index (χ1) is 17.5. The van der Waals surface area contributed by atoms with Crippen LogP contribution in [0.15, 0.2) is 36.4 Å². The molecule has 1 aromatic carbocycles. The maximum absolute atomic E-state index is 12.6. The van der Waals surface area contributed by atoms with Crippen molar-refractivity contribution in [3.8, 4) is 11.3 Å². The predicted molar refractivity (Wildman–Crippen MR) is 137 cm³/mol. The topological polar surface area (TPSA) is 93.2 Å². The van der Waals surface area contributed by atoms with E-state index in [0.717, 1.165) is 35.6 Å². The Kier molecular flexibility index (Phi) is 6.99. The van der Waals surface area contributed by atoms with Crippen molar-refractivity contribution in [2.24, 2.45) is 0 Å². The first kappa shape index (κ1) is 24.4. The number of morpholine rings is 2. The van der Waals surface area contributed by atoms with Crippen LogP contribution in [0.2, 0.25) is 0 Å². The molecule has 2 aromatic heterocycles. The van der Waals surface area contributed by atoms with E-state index in [1.54, 1.807) is 13.1 Å². The Labute approximate surface area is 210 Å². The number of fused-ring (bicyclic) bond motifs is 1. The normalized spacial score (nSPS) is 20.6. The van der Waals surface area contributed by atoms with Crippen LogP contribution < -0.4 is 9.80 Å². The molecule has 190 valence electrons. The first-order valence-electron chi connectivity index (χ1n) is 12.3. The standard InChI is InChI=1S/C26H32N6O4/c1-17-15-35-12-10-31(17)24-21-8-9-22(19-6-5-7-20(14-19)25(33)30(3)34-4)27-23(21)28-26(29-24)32-11-13-36-16-18(32)2/h5-9,14,17-18H,10-13,15-16H2,1-4H3/t17-,18-/m0/s1. The number of hydroxylamine groups is 2. The summed E-state index contributed by atoms with van der Waals surface area (Å²) in [5.41, 5.74) is 2.70. The fraction of sp³-hybridized carbons (Fsp3) is 0.462. The van der Waals surface area contributed by atoms with Gasteiger partial charge in [0.05, 0.1) is 56.7 Å². The van der Waals surface area contributed by atoms with Crippen LogP contribution in [-0.2, 0) is 14.3 Å². The highest BCUT2D eigenvalue weighted by Gasteiger charge is 2.27. The van der Waals surface area contributed by atoms with Gasteiger partial charge in [0.2, 0.25) is 5.95 Å². The zero-order valence-corrected chi connectivity index (χ0v) is 21.2. The number of rotatable bonds is 5. The van der Waals surface area contributed by atoms with Gasteiger partial charge in [-0.05, 0) is 38.1 Å². The van der Waals surface area contributed by atoms with E-state index in [1.807, 2.05) is 30.3 Å². The summed E-state index contributed by atoms with van der Waals surface area (Å²) in [7, 11) is 3.05. The third-order valence-electron chi connectivity index (χ3n) is 6.76. The number of carbonyl (C=O) groups excluding carboxylic acids is 1. The molecule has 4 heterocycles. The Balaban J connectivity index is 1.60. The smallest absolute Gasteiger partial charge is 0.277 e. The fourth-order valence-electron chi connectivity index (χ4n) is 4.63. The highest BCUT2D eigenvalue weighted by Crippen LogP contribution is 2.31. The molecule has 0 unspecified atom stereocenters. The van der Waals surface area contributed by atoms with Crippen LogP contribution in [0.4, 0.5) is 11.8 Å². The average molecular weight is 493 g/mol. The molecular weight excluding hydrogens is 460 g/mol. The second-order valence-electron chi connectivity index (χ2n) is 9.22. The molecular formula is C26H32N6O4. The van der Waals surface area contributed by atoms with Gasteiger partial charge < -0.3 is 19.3 Å². The van der Waals surface area contributed by atoms with Gasteiger partial charge in [-0.2, -0.15) is 9.97 Å². The first-order valence-corrected chi connectivity index (χ1v) is 12.3. The Hall–Kier alpha value is -3.34. The zero-order chi connectivity index (χ0) is 25.2. The van der Waals surface area contributed by atoms with Crippen molar-refractivity contribution in [1.29, 1.82) is 0 Å². The lowest BCUT2D eigenvalue weighted by Crippen LogP contribution is -2.46. The number of pyridine rings is 1. The van der Waals surface area contributed by atoms with Gasteiger partial charge in [0.1, 0.15) is 5.82 Å². The summed E-state index contributed by atoms with van der Waals surface area (Å²) in [4.78, 5) is 37.0. The van der Waals surface area contributed by atoms with Crippen molar-refractivity contribution < 1.29 is 19.1 Å². The second kappa shape index (κ2) is 10.3. The molecule has 2 aliphatic rings. The van der Waals surface area contributed by atoms with E-state index in [4.69, 9.17) is 29.3 Å². The molecule has 0 bridgehead atoms. The quantitative estimate of drug-likeness (QED) is 0.499. The van der Waals surface area contributed by atoms with E-state index in [1.165, 1.54) is 12.2 Å². The average Bonchev–Trinajstić information content (AvgIpc) is 2.92. The van der Waals surface area contributed by atoms with Crippen molar-refractivity contribution in [1.82, 2.24) is 20.0 Å². The highest BCUT2D eigenvalue weighted by atomic mass is 16.7. The minimum atomic E-state index is -0.227. The lowest BCUT2D eigenvalue weighted by molar-refractivity contribution is -0.0756. The molecule has 2 saturated heterocycles. The van der Waals surface area contributed by atoms with Crippen molar-refractivity contribution in [3.63, 3.8) is 0 Å². The van der Waals surface area contributed by atoms with Crippen molar-refractivity contribution in [2.45, 2.75) is 25.9 Å². The van der Waals surface area contributed by atoms with Crippen LogP contribution in [0.5, 0.6) is 0 Å². The minimum Gasteiger partial charge on any atom is -0.377 e. The summed E-state index contributed by atoms with van der Waals surface area (Å²) in [5, 5.41) is 2.09. The molecule has 3 aromatic rings. The van der Waals surface area contributed by atoms with E-state index >= 15 is 0 Å². The van der Waals surface area contributed by atoms with E-state index < -0.39 is 0 Å². The zero-order valence-electron chi connectivity index (χ0n) is 21.2. The summed E-state index contributed by atoms with van der Waals surface area (Å²) in [6, 6.07) is 11.7. The van der Waals surface area contributed by atoms with Crippen molar-refractivity contribution in [3.05, 3.63) is 42.0 Å². The van der Waals surface area contributed by atoms with Gasteiger partial charge >= 0.3 is 0 Å². The summed E-state index contributed by atoms with van der Waals surface area (Å²) in [5.74, 6) is 1.30. The Bertz CT molecular complexity index is 1250. The molecule has 0 spiro atoms. The molecule has 0 aliphatic carbocycles. The Morgan fingerprint density at radius 2 is 1.72 bits per heavy atom. The number of hydrogen-bond acceptors (Lipinski definition) is 9. The van der Waals surface area contributed by atoms with Crippen LogP contribution in [0.3, 0.4) is 0 Å². The number of amides is 1. The molecule has 0 radical (unpaired) electrons. The van der Waals surface area contributed by atoms with Crippen molar-refractivity contribution >= 4 is 28.7 Å². The summed E-state index contributed by atoms with van der Waals surface area (Å²) < 4.78 is 11.3. The number of carbonyl (C=O) groups is 1. The van der Waals surface area contributed by atoms with E-state index in [0.29, 0.717) is 43.6 Å². The summed E-state index contributed by atoms with van der Waals surface area (Å²) in [6.45, 7) is 8.32. The largest absolute Gasteiger partial charge is 0.377 e. The minimum absolute atomic E-state index is 0.162. The van der Waals surface area contributed by atoms with Gasteiger partial charge in [-0.1, -0.05) is 12.1 Å². The predicted octanol–water partition coefficient (Wildman–Crippen LogP) is 2.78. The van der Waals surface area contributed by atoms with Gasteiger partial charge in [0, 0.05) is 31.3 Å². The third-order valence-corrected chi connectivity index (χ3v) is 6.76. The Morgan fingerprint density at radius 3 is 2.42 bits per heavy atom. The summed E-state index contributed by atoms with van der Waals surface area (Å²) >= 11 is 0. The molecule has 2 atom stereocenters. The monoisotopic (exact) mass is 492 g/mol. The van der Waals surface area contributed by atoms with Gasteiger partial charge in [-0.3, -0.25) is 9.63 Å². The van der Waals surface area contributed by atoms with Gasteiger partial charge in [-0.15, -0.1) is 0 Å². The lowest BCUT2D eigenvalue weighted by atomic mass is 10.1. The lowest BCUT2D eigenvalue weighted by Gasteiger charge is -2.37. The molecule has 2 fully saturated rings. The molecule has 36 heavy (non-hydrogen) atoms.